The molecule has 4 heterocycles. The highest BCUT2D eigenvalue weighted by molar-refractivity contribution is 5.98. The topological polar surface area (TPSA) is 139 Å². The summed E-state index contributed by atoms with van der Waals surface area (Å²) in [4.78, 5) is 42.0. The number of hydrogen-bond donors (Lipinski definition) is 1. The summed E-state index contributed by atoms with van der Waals surface area (Å²) in [5.41, 5.74) is 6.94. The van der Waals surface area contributed by atoms with E-state index in [-0.39, 0.29) is 42.1 Å². The van der Waals surface area contributed by atoms with Crippen molar-refractivity contribution in [3.05, 3.63) is 83.1 Å². The summed E-state index contributed by atoms with van der Waals surface area (Å²) in [6.45, 7) is 8.17. The van der Waals surface area contributed by atoms with E-state index in [2.05, 4.69) is 32.9 Å². The highest BCUT2D eigenvalue weighted by Crippen LogP contribution is 2.30. The third kappa shape index (κ3) is 5.43. The van der Waals surface area contributed by atoms with E-state index in [1.807, 2.05) is 44.2 Å². The summed E-state index contributed by atoms with van der Waals surface area (Å²) in [6.07, 6.45) is 3.10. The van der Waals surface area contributed by atoms with Crippen LogP contribution in [-0.4, -0.2) is 91.6 Å². The van der Waals surface area contributed by atoms with Crippen molar-refractivity contribution in [2.75, 3.05) is 52.0 Å². The second-order valence-corrected chi connectivity index (χ2v) is 11.8. The molecule has 0 atom stereocenters. The molecule has 2 aromatic carbocycles. The fraction of sp³-hybridized carbons (Fsp3) is 0.344. The lowest BCUT2D eigenvalue weighted by atomic mass is 9.96. The number of carbonyl (C=O) groups is 1. The number of nitriles is 1. The summed E-state index contributed by atoms with van der Waals surface area (Å²) in [6, 6.07) is 18.3. The Morgan fingerprint density at radius 3 is 2.34 bits per heavy atom. The number of amides is 1. The van der Waals surface area contributed by atoms with Crippen LogP contribution in [0.5, 0.6) is 11.5 Å². The minimum atomic E-state index is -0.452. The number of benzene rings is 2. The first kappa shape index (κ1) is 29.1. The molecular weight excluding hydrogens is 558 g/mol. The first-order chi connectivity index (χ1) is 21.2. The quantitative estimate of drug-likeness (QED) is 0.253. The smallest absolute Gasteiger partial charge is 0.335 e. The number of hydrogen-bond acceptors (Lipinski definition) is 9. The average Bonchev–Trinajstić information content (AvgIpc) is 3.29. The summed E-state index contributed by atoms with van der Waals surface area (Å²) < 4.78 is 8.95. The van der Waals surface area contributed by atoms with Gasteiger partial charge in [-0.05, 0) is 63.4 Å². The zero-order valence-corrected chi connectivity index (χ0v) is 25.1. The monoisotopic (exact) mass is 593 g/mol. The number of carbonyl (C=O) groups excluding carboxylic acids is 1. The molecule has 12 heteroatoms. The molecule has 0 radical (unpaired) electrons. The van der Waals surface area contributed by atoms with Crippen LogP contribution in [0.25, 0.3) is 16.9 Å². The molecule has 12 nitrogen and oxygen atoms in total. The number of para-hydroxylation sites is 1. The van der Waals surface area contributed by atoms with Crippen LogP contribution in [0.15, 0.2) is 77.4 Å². The molecule has 44 heavy (non-hydrogen) atoms. The zero-order chi connectivity index (χ0) is 31.0. The third-order valence-corrected chi connectivity index (χ3v) is 8.44. The lowest BCUT2D eigenvalue weighted by Gasteiger charge is -2.42. The molecule has 2 N–H and O–H groups in total. The van der Waals surface area contributed by atoms with Gasteiger partial charge in [0, 0.05) is 44.8 Å². The van der Waals surface area contributed by atoms with Crippen LogP contribution < -0.4 is 16.2 Å². The molecule has 2 aliphatic rings. The van der Waals surface area contributed by atoms with Crippen LogP contribution in [0.4, 0.5) is 5.82 Å². The fourth-order valence-corrected chi connectivity index (χ4v) is 5.85. The zero-order valence-electron chi connectivity index (χ0n) is 25.1. The van der Waals surface area contributed by atoms with Gasteiger partial charge in [-0.25, -0.2) is 14.8 Å². The third-order valence-electron chi connectivity index (χ3n) is 8.44. The molecule has 2 fully saturated rings. The van der Waals surface area contributed by atoms with E-state index in [0.717, 1.165) is 26.2 Å². The van der Waals surface area contributed by atoms with Crippen LogP contribution in [-0.2, 0) is 4.79 Å². The largest absolute Gasteiger partial charge is 0.457 e. The summed E-state index contributed by atoms with van der Waals surface area (Å²) in [7, 11) is 2.09. The lowest BCUT2D eigenvalue weighted by Crippen LogP contribution is -2.54. The number of aromatic nitrogens is 4. The minimum absolute atomic E-state index is 0.103. The number of rotatable bonds is 7. The van der Waals surface area contributed by atoms with Gasteiger partial charge in [0.2, 0.25) is 0 Å². The van der Waals surface area contributed by atoms with Crippen LogP contribution in [0, 0.1) is 11.3 Å². The van der Waals surface area contributed by atoms with Gasteiger partial charge in [-0.2, -0.15) is 5.26 Å². The Morgan fingerprint density at radius 1 is 1.02 bits per heavy atom. The van der Waals surface area contributed by atoms with E-state index in [4.69, 9.17) is 10.5 Å². The Bertz CT molecular complexity index is 1810. The molecular formula is C32H35N9O3. The van der Waals surface area contributed by atoms with Gasteiger partial charge in [-0.1, -0.05) is 18.2 Å². The molecule has 0 spiro atoms. The number of piperazine rings is 1. The first-order valence-electron chi connectivity index (χ1n) is 14.6. The van der Waals surface area contributed by atoms with Gasteiger partial charge < -0.3 is 20.3 Å². The maximum absolute atomic E-state index is 13.9. The number of nitrogens with zero attached hydrogens (tertiary/aromatic N) is 8. The lowest BCUT2D eigenvalue weighted by molar-refractivity contribution is -0.132. The van der Waals surface area contributed by atoms with Gasteiger partial charge >= 0.3 is 5.69 Å². The highest BCUT2D eigenvalue weighted by Gasteiger charge is 2.38. The van der Waals surface area contributed by atoms with E-state index in [1.54, 1.807) is 39.8 Å². The molecule has 0 saturated carbocycles. The van der Waals surface area contributed by atoms with Crippen molar-refractivity contribution in [1.82, 2.24) is 33.8 Å². The molecule has 226 valence electrons. The summed E-state index contributed by atoms with van der Waals surface area (Å²) >= 11 is 0. The van der Waals surface area contributed by atoms with Crippen molar-refractivity contribution < 1.29 is 9.53 Å². The Kier molecular flexibility index (Phi) is 7.67. The number of nitrogen functional groups attached to an aromatic ring is 1. The van der Waals surface area contributed by atoms with Gasteiger partial charge in [0.05, 0.1) is 11.7 Å². The normalized spacial score (nSPS) is 17.0. The maximum atomic E-state index is 13.9. The number of likely N-dealkylation sites (tertiary alicyclic amines) is 1. The van der Waals surface area contributed by atoms with E-state index in [0.29, 0.717) is 28.4 Å². The van der Waals surface area contributed by atoms with Crippen LogP contribution in [0.1, 0.15) is 19.9 Å². The van der Waals surface area contributed by atoms with Crippen molar-refractivity contribution in [2.45, 2.75) is 25.4 Å². The van der Waals surface area contributed by atoms with E-state index in [1.165, 1.54) is 10.9 Å². The number of likely N-dealkylation sites (N-methyl/N-ethyl adjacent to an activating group) is 1. The van der Waals surface area contributed by atoms with Gasteiger partial charge in [-0.3, -0.25) is 18.8 Å². The Hall–Kier alpha value is -4.99. The molecule has 2 aliphatic heterocycles. The van der Waals surface area contributed by atoms with Crippen molar-refractivity contribution in [3.8, 4) is 23.3 Å². The van der Waals surface area contributed by atoms with Gasteiger partial charge in [0.15, 0.2) is 11.5 Å². The van der Waals surface area contributed by atoms with Crippen molar-refractivity contribution in [2.24, 2.45) is 0 Å². The SMILES string of the molecule is CN1CCN(C(C)(C)/C=C(/C#N)C(=O)N2CC(n3c(=O)n(-c4ccc(Oc5ccccc5)cc4)c4c(N)ncnc43)C2)CC1. The average molecular weight is 594 g/mol. The number of fused-ring (bicyclic) bond motifs is 1. The summed E-state index contributed by atoms with van der Waals surface area (Å²) in [5.74, 6) is 1.15. The highest BCUT2D eigenvalue weighted by atomic mass is 16.5. The van der Waals surface area contributed by atoms with E-state index >= 15 is 0 Å². The molecule has 0 aliphatic carbocycles. The predicted octanol–water partition coefficient (Wildman–Crippen LogP) is 2.82. The standard InChI is InChI=1S/C32H35N9O3/c1-32(2,39-15-13-37(3)14-16-39)17-22(18-33)30(42)38-19-24(20-38)41-29-27(28(34)35-21-36-29)40(31(41)43)23-9-11-26(12-10-23)44-25-7-5-4-6-8-25/h4-12,17,21,24H,13-16,19-20H2,1-3H3,(H2,34,35,36)/b22-17-. The number of anilines is 1. The van der Waals surface area contributed by atoms with Crippen LogP contribution in [0.3, 0.4) is 0 Å². The van der Waals surface area contributed by atoms with Gasteiger partial charge in [-0.15, -0.1) is 0 Å². The van der Waals surface area contributed by atoms with Crippen LogP contribution in [0.2, 0.25) is 0 Å². The number of ether oxygens (including phenoxy) is 1. The minimum Gasteiger partial charge on any atom is -0.457 e. The van der Waals surface area contributed by atoms with Crippen molar-refractivity contribution in [3.63, 3.8) is 0 Å². The van der Waals surface area contributed by atoms with E-state index < -0.39 is 5.54 Å². The second kappa shape index (κ2) is 11.6. The molecule has 0 unspecified atom stereocenters. The number of nitrogens with two attached hydrogens (primary N) is 1. The summed E-state index contributed by atoms with van der Waals surface area (Å²) in [5, 5.41) is 9.91. The van der Waals surface area contributed by atoms with Gasteiger partial charge in [0.25, 0.3) is 5.91 Å². The fourth-order valence-electron chi connectivity index (χ4n) is 5.85. The second-order valence-electron chi connectivity index (χ2n) is 11.8. The molecule has 0 bridgehead atoms. The van der Waals surface area contributed by atoms with Crippen LogP contribution >= 0.6 is 0 Å². The Balaban J connectivity index is 1.23. The van der Waals surface area contributed by atoms with E-state index in [9.17, 15) is 14.9 Å². The maximum Gasteiger partial charge on any atom is 0.335 e. The van der Waals surface area contributed by atoms with Crippen molar-refractivity contribution >= 4 is 22.9 Å². The Labute approximate surface area is 255 Å². The molecule has 6 rings (SSSR count). The van der Waals surface area contributed by atoms with Gasteiger partial charge in [0.1, 0.15) is 35.0 Å². The first-order valence-corrected chi connectivity index (χ1v) is 14.6. The number of imidazole rings is 1. The molecule has 1 amide bonds. The predicted molar refractivity (Wildman–Crippen MR) is 167 cm³/mol. The molecule has 4 aromatic rings. The van der Waals surface area contributed by atoms with Crippen molar-refractivity contribution in [1.29, 1.82) is 5.26 Å². The Morgan fingerprint density at radius 2 is 1.68 bits per heavy atom. The molecule has 2 saturated heterocycles. The molecule has 2 aromatic heterocycles.